The summed E-state index contributed by atoms with van der Waals surface area (Å²) in [5.74, 6) is -1.57. The standard InChI is InChI=1S/C13H14F2N4O/c1-18(6-9-2-3-10(14)4-12(9)15)13(20)8-19-7-11(16)5-17-19/h2-5,7H,6,8,16H2,1H3. The largest absolute Gasteiger partial charge is 0.396 e. The van der Waals surface area contributed by atoms with Crippen molar-refractivity contribution >= 4 is 11.6 Å². The lowest BCUT2D eigenvalue weighted by molar-refractivity contribution is -0.131. The molecule has 0 aliphatic rings. The quantitative estimate of drug-likeness (QED) is 0.920. The highest BCUT2D eigenvalue weighted by molar-refractivity contribution is 5.75. The Morgan fingerprint density at radius 2 is 2.20 bits per heavy atom. The molecule has 0 aliphatic carbocycles. The minimum absolute atomic E-state index is 0.0104. The van der Waals surface area contributed by atoms with Crippen LogP contribution < -0.4 is 5.73 Å². The number of nitrogen functional groups attached to an aromatic ring is 1. The molecule has 1 heterocycles. The number of halogens is 2. The van der Waals surface area contributed by atoms with E-state index in [1.54, 1.807) is 0 Å². The number of rotatable bonds is 4. The van der Waals surface area contributed by atoms with Crippen LogP contribution >= 0.6 is 0 Å². The summed E-state index contributed by atoms with van der Waals surface area (Å²) in [6.45, 7) is 0.0677. The maximum Gasteiger partial charge on any atom is 0.244 e. The SMILES string of the molecule is CN(Cc1ccc(F)cc1F)C(=O)Cn1cc(N)cn1. The summed E-state index contributed by atoms with van der Waals surface area (Å²) in [5.41, 5.74) is 6.21. The molecule has 0 radical (unpaired) electrons. The number of anilines is 1. The second-order valence-electron chi connectivity index (χ2n) is 4.46. The number of hydrogen-bond donors (Lipinski definition) is 1. The molecule has 0 bridgehead atoms. The molecule has 1 aromatic carbocycles. The van der Waals surface area contributed by atoms with Crippen LogP contribution in [0.4, 0.5) is 14.5 Å². The van der Waals surface area contributed by atoms with Crippen molar-refractivity contribution < 1.29 is 13.6 Å². The third kappa shape index (κ3) is 3.31. The molecule has 1 amide bonds. The molecular formula is C13H14F2N4O. The Bertz CT molecular complexity index is 627. The lowest BCUT2D eigenvalue weighted by Gasteiger charge is -2.17. The molecule has 7 heteroatoms. The summed E-state index contributed by atoms with van der Waals surface area (Å²) < 4.78 is 27.7. The smallest absolute Gasteiger partial charge is 0.244 e. The van der Waals surface area contributed by atoms with Gasteiger partial charge in [0.1, 0.15) is 18.2 Å². The molecule has 20 heavy (non-hydrogen) atoms. The van der Waals surface area contributed by atoms with Crippen molar-refractivity contribution in [2.24, 2.45) is 0 Å². The number of carbonyl (C=O) groups is 1. The van der Waals surface area contributed by atoms with Crippen LogP contribution in [0, 0.1) is 11.6 Å². The van der Waals surface area contributed by atoms with Crippen molar-refractivity contribution in [3.05, 3.63) is 47.8 Å². The number of amides is 1. The van der Waals surface area contributed by atoms with Gasteiger partial charge in [0.15, 0.2) is 0 Å². The number of nitrogens with zero attached hydrogens (tertiary/aromatic N) is 3. The fraction of sp³-hybridized carbons (Fsp3) is 0.231. The van der Waals surface area contributed by atoms with Gasteiger partial charge in [-0.15, -0.1) is 0 Å². The van der Waals surface area contributed by atoms with Crippen molar-refractivity contribution in [2.45, 2.75) is 13.1 Å². The number of aromatic nitrogens is 2. The first-order valence-electron chi connectivity index (χ1n) is 5.91. The minimum Gasteiger partial charge on any atom is -0.396 e. The first-order valence-corrected chi connectivity index (χ1v) is 5.91. The van der Waals surface area contributed by atoms with Gasteiger partial charge in [-0.1, -0.05) is 6.07 Å². The Labute approximate surface area is 114 Å². The molecule has 0 saturated carbocycles. The number of nitrogens with two attached hydrogens (primary N) is 1. The van der Waals surface area contributed by atoms with Gasteiger partial charge in [-0.3, -0.25) is 9.48 Å². The Morgan fingerprint density at radius 1 is 1.45 bits per heavy atom. The molecule has 1 aromatic heterocycles. The molecule has 2 rings (SSSR count). The molecule has 0 aliphatic heterocycles. The van der Waals surface area contributed by atoms with E-state index in [9.17, 15) is 13.6 Å². The summed E-state index contributed by atoms with van der Waals surface area (Å²) in [4.78, 5) is 13.3. The van der Waals surface area contributed by atoms with Crippen molar-refractivity contribution in [2.75, 3.05) is 12.8 Å². The Balaban J connectivity index is 2.00. The summed E-state index contributed by atoms with van der Waals surface area (Å²) >= 11 is 0. The highest BCUT2D eigenvalue weighted by Gasteiger charge is 2.13. The molecule has 0 unspecified atom stereocenters. The highest BCUT2D eigenvalue weighted by atomic mass is 19.1. The van der Waals surface area contributed by atoms with Gasteiger partial charge in [-0.2, -0.15) is 5.10 Å². The van der Waals surface area contributed by atoms with Crippen molar-refractivity contribution in [3.63, 3.8) is 0 Å². The number of benzene rings is 1. The van der Waals surface area contributed by atoms with Gasteiger partial charge < -0.3 is 10.6 Å². The lowest BCUT2D eigenvalue weighted by atomic mass is 10.2. The Hall–Kier alpha value is -2.44. The zero-order valence-corrected chi connectivity index (χ0v) is 10.9. The highest BCUT2D eigenvalue weighted by Crippen LogP contribution is 2.12. The third-order valence-electron chi connectivity index (χ3n) is 2.80. The molecule has 2 N–H and O–H groups in total. The van der Waals surface area contributed by atoms with Crippen LogP contribution in [0.15, 0.2) is 30.6 Å². The predicted molar refractivity (Wildman–Crippen MR) is 69.5 cm³/mol. The minimum atomic E-state index is -0.673. The van der Waals surface area contributed by atoms with E-state index in [4.69, 9.17) is 5.73 Å². The molecule has 0 saturated heterocycles. The predicted octanol–water partition coefficient (Wildman–Crippen LogP) is 1.40. The van der Waals surface area contributed by atoms with Crippen molar-refractivity contribution in [1.29, 1.82) is 0 Å². The summed E-state index contributed by atoms with van der Waals surface area (Å²) in [7, 11) is 1.54. The van der Waals surface area contributed by atoms with Gasteiger partial charge in [-0.05, 0) is 6.07 Å². The van der Waals surface area contributed by atoms with Gasteiger partial charge in [0.05, 0.1) is 11.9 Å². The van der Waals surface area contributed by atoms with Crippen LogP contribution in [0.3, 0.4) is 0 Å². The van der Waals surface area contributed by atoms with E-state index in [0.29, 0.717) is 5.69 Å². The summed E-state index contributed by atoms with van der Waals surface area (Å²) in [6, 6.07) is 3.27. The van der Waals surface area contributed by atoms with Crippen LogP contribution in [0.5, 0.6) is 0 Å². The molecule has 0 atom stereocenters. The van der Waals surface area contributed by atoms with Gasteiger partial charge in [0.2, 0.25) is 5.91 Å². The molecule has 0 spiro atoms. The Kier molecular flexibility index (Phi) is 3.97. The van der Waals surface area contributed by atoms with Gasteiger partial charge in [0.25, 0.3) is 0 Å². The first-order chi connectivity index (χ1) is 9.45. The van der Waals surface area contributed by atoms with Crippen molar-refractivity contribution in [3.8, 4) is 0 Å². The van der Waals surface area contributed by atoms with E-state index in [2.05, 4.69) is 5.10 Å². The fourth-order valence-corrected chi connectivity index (χ4v) is 1.72. The van der Waals surface area contributed by atoms with E-state index < -0.39 is 11.6 Å². The zero-order chi connectivity index (χ0) is 14.7. The average Bonchev–Trinajstić information content (AvgIpc) is 2.78. The molecule has 2 aromatic rings. The van der Waals surface area contributed by atoms with Gasteiger partial charge >= 0.3 is 0 Å². The number of hydrogen-bond acceptors (Lipinski definition) is 3. The summed E-state index contributed by atoms with van der Waals surface area (Å²) in [5, 5.41) is 3.89. The first kappa shape index (κ1) is 14.0. The van der Waals surface area contributed by atoms with E-state index in [1.807, 2.05) is 0 Å². The van der Waals surface area contributed by atoms with E-state index in [-0.39, 0.29) is 24.6 Å². The van der Waals surface area contributed by atoms with Gasteiger partial charge in [0, 0.05) is 31.4 Å². The lowest BCUT2D eigenvalue weighted by Crippen LogP contribution is -2.30. The summed E-state index contributed by atoms with van der Waals surface area (Å²) in [6.07, 6.45) is 2.97. The van der Waals surface area contributed by atoms with E-state index in [0.717, 1.165) is 12.1 Å². The van der Waals surface area contributed by atoms with Gasteiger partial charge in [-0.25, -0.2) is 8.78 Å². The van der Waals surface area contributed by atoms with Crippen LogP contribution in [-0.4, -0.2) is 27.6 Å². The second kappa shape index (κ2) is 5.68. The molecule has 106 valence electrons. The Morgan fingerprint density at radius 3 is 2.80 bits per heavy atom. The van der Waals surface area contributed by atoms with Crippen molar-refractivity contribution in [1.82, 2.24) is 14.7 Å². The monoisotopic (exact) mass is 280 g/mol. The maximum absolute atomic E-state index is 13.5. The van der Waals surface area contributed by atoms with E-state index >= 15 is 0 Å². The third-order valence-corrected chi connectivity index (χ3v) is 2.80. The van der Waals surface area contributed by atoms with Crippen LogP contribution in [0.1, 0.15) is 5.56 Å². The van der Waals surface area contributed by atoms with Crippen LogP contribution in [0.2, 0.25) is 0 Å². The normalized spacial score (nSPS) is 10.6. The number of carbonyl (C=O) groups excluding carboxylic acids is 1. The number of likely N-dealkylation sites (N-methyl/N-ethyl adjacent to an activating group) is 1. The topological polar surface area (TPSA) is 64.2 Å². The molecule has 0 fully saturated rings. The fourth-order valence-electron chi connectivity index (χ4n) is 1.72. The zero-order valence-electron chi connectivity index (χ0n) is 10.9. The molecular weight excluding hydrogens is 266 g/mol. The average molecular weight is 280 g/mol. The second-order valence-corrected chi connectivity index (χ2v) is 4.46. The van der Waals surface area contributed by atoms with E-state index in [1.165, 1.54) is 35.1 Å². The maximum atomic E-state index is 13.5. The van der Waals surface area contributed by atoms with Crippen LogP contribution in [-0.2, 0) is 17.9 Å². The van der Waals surface area contributed by atoms with Crippen LogP contribution in [0.25, 0.3) is 0 Å². The molecule has 5 nitrogen and oxygen atoms in total.